The maximum atomic E-state index is 10.6. The van der Waals surface area contributed by atoms with E-state index in [9.17, 15) is 10.1 Å². The number of nitrogens with one attached hydrogen (secondary N) is 2. The van der Waals surface area contributed by atoms with Crippen molar-refractivity contribution in [3.8, 4) is 0 Å². The largest absolute Gasteiger partial charge is 0.366 e. The van der Waals surface area contributed by atoms with Gasteiger partial charge in [0.2, 0.25) is 0 Å². The highest BCUT2D eigenvalue weighted by molar-refractivity contribution is 6.33. The summed E-state index contributed by atoms with van der Waals surface area (Å²) in [7, 11) is 0. The molecule has 0 spiro atoms. The minimum Gasteiger partial charge on any atom is -0.366 e. The summed E-state index contributed by atoms with van der Waals surface area (Å²) in [4.78, 5) is 14.1. The Morgan fingerprint density at radius 2 is 2.33 bits per heavy atom. The molecule has 2 rings (SSSR count). The molecule has 0 radical (unpaired) electrons. The lowest BCUT2D eigenvalue weighted by Crippen LogP contribution is -2.22. The van der Waals surface area contributed by atoms with Gasteiger partial charge in [-0.25, -0.2) is 4.98 Å². The lowest BCUT2D eigenvalue weighted by molar-refractivity contribution is -0.385. The van der Waals surface area contributed by atoms with Crippen molar-refractivity contribution in [1.29, 1.82) is 0 Å². The summed E-state index contributed by atoms with van der Waals surface area (Å²) in [6.45, 7) is 1.99. The van der Waals surface area contributed by atoms with Crippen molar-refractivity contribution in [3.63, 3.8) is 0 Å². The van der Waals surface area contributed by atoms with Crippen molar-refractivity contribution in [1.82, 2.24) is 10.3 Å². The van der Waals surface area contributed by atoms with Gasteiger partial charge < -0.3 is 10.6 Å². The van der Waals surface area contributed by atoms with Crippen LogP contribution >= 0.6 is 11.6 Å². The number of nitrogens with zero attached hydrogens (tertiary/aromatic N) is 2. The van der Waals surface area contributed by atoms with Crippen LogP contribution in [-0.4, -0.2) is 29.0 Å². The van der Waals surface area contributed by atoms with Crippen LogP contribution in [0.2, 0.25) is 5.02 Å². The molecule has 0 saturated carbocycles. The average Bonchev–Trinajstić information content (AvgIpc) is 2.60. The minimum atomic E-state index is -0.502. The van der Waals surface area contributed by atoms with Gasteiger partial charge in [-0.3, -0.25) is 10.1 Å². The van der Waals surface area contributed by atoms with Crippen LogP contribution in [0, 0.1) is 10.1 Å². The summed E-state index contributed by atoms with van der Waals surface area (Å²) < 4.78 is 0. The maximum absolute atomic E-state index is 10.6. The Labute approximate surface area is 110 Å². The summed E-state index contributed by atoms with van der Waals surface area (Å²) in [6.07, 6.45) is 4.36. The fourth-order valence-corrected chi connectivity index (χ4v) is 2.21. The molecule has 6 nitrogen and oxygen atoms in total. The molecular formula is C11H15ClN4O2. The first kappa shape index (κ1) is 13.0. The molecule has 1 saturated heterocycles. The van der Waals surface area contributed by atoms with Gasteiger partial charge in [-0.05, 0) is 32.4 Å². The van der Waals surface area contributed by atoms with Crippen LogP contribution in [0.15, 0.2) is 12.3 Å². The number of hydrogen-bond acceptors (Lipinski definition) is 5. The van der Waals surface area contributed by atoms with Gasteiger partial charge in [-0.2, -0.15) is 0 Å². The number of halogens is 1. The molecule has 18 heavy (non-hydrogen) atoms. The first-order valence-corrected chi connectivity index (χ1v) is 6.32. The van der Waals surface area contributed by atoms with Gasteiger partial charge in [0.05, 0.1) is 9.95 Å². The zero-order valence-corrected chi connectivity index (χ0v) is 10.6. The van der Waals surface area contributed by atoms with Crippen molar-refractivity contribution < 1.29 is 4.92 Å². The minimum absolute atomic E-state index is 0.0897. The molecule has 98 valence electrons. The van der Waals surface area contributed by atoms with Gasteiger partial charge >= 0.3 is 0 Å². The van der Waals surface area contributed by atoms with E-state index in [1.807, 2.05) is 0 Å². The highest BCUT2D eigenvalue weighted by Crippen LogP contribution is 2.25. The second-order valence-electron chi connectivity index (χ2n) is 4.30. The summed E-state index contributed by atoms with van der Waals surface area (Å²) in [5, 5.41) is 17.4. The first-order valence-electron chi connectivity index (χ1n) is 5.94. The zero-order valence-electron chi connectivity index (χ0n) is 9.86. The standard InChI is InChI=1S/C11H15ClN4O2/c12-10-6-9(16(17)18)7-14-11(10)15-8-2-1-4-13-5-3-8/h6-8,13H,1-5H2,(H,14,15). The molecule has 0 aromatic carbocycles. The Hall–Kier alpha value is -1.40. The molecule has 1 aromatic rings. The van der Waals surface area contributed by atoms with Crippen molar-refractivity contribution in [2.75, 3.05) is 18.4 Å². The Morgan fingerprint density at radius 1 is 1.50 bits per heavy atom. The fourth-order valence-electron chi connectivity index (χ4n) is 1.99. The molecule has 1 fully saturated rings. The Balaban J connectivity index is 2.06. The van der Waals surface area contributed by atoms with E-state index in [2.05, 4.69) is 15.6 Å². The van der Waals surface area contributed by atoms with Gasteiger partial charge in [0.25, 0.3) is 5.69 Å². The monoisotopic (exact) mass is 270 g/mol. The third-order valence-electron chi connectivity index (χ3n) is 2.95. The molecule has 0 aliphatic carbocycles. The lowest BCUT2D eigenvalue weighted by Gasteiger charge is -2.17. The van der Waals surface area contributed by atoms with E-state index in [1.165, 1.54) is 12.3 Å². The van der Waals surface area contributed by atoms with E-state index in [4.69, 9.17) is 11.6 Å². The number of nitro groups is 1. The van der Waals surface area contributed by atoms with Crippen molar-refractivity contribution in [2.24, 2.45) is 0 Å². The van der Waals surface area contributed by atoms with E-state index < -0.39 is 4.92 Å². The normalized spacial score (nSPS) is 20.2. The SMILES string of the molecule is O=[N+]([O-])c1cnc(NC2CCCNCC2)c(Cl)c1. The van der Waals surface area contributed by atoms with Crippen molar-refractivity contribution >= 4 is 23.1 Å². The Morgan fingerprint density at radius 3 is 3.06 bits per heavy atom. The molecule has 1 aliphatic rings. The number of pyridine rings is 1. The maximum Gasteiger partial charge on any atom is 0.289 e. The topological polar surface area (TPSA) is 80.1 Å². The predicted molar refractivity (Wildman–Crippen MR) is 70.0 cm³/mol. The molecule has 2 heterocycles. The number of hydrogen-bond donors (Lipinski definition) is 2. The van der Waals surface area contributed by atoms with E-state index in [0.717, 1.165) is 32.4 Å². The van der Waals surface area contributed by atoms with Gasteiger partial charge in [0.1, 0.15) is 12.0 Å². The summed E-state index contributed by atoms with van der Waals surface area (Å²) in [5.74, 6) is 0.522. The van der Waals surface area contributed by atoms with Gasteiger partial charge in [-0.15, -0.1) is 0 Å². The van der Waals surface area contributed by atoms with Crippen LogP contribution in [0.25, 0.3) is 0 Å². The lowest BCUT2D eigenvalue weighted by atomic mass is 10.1. The molecule has 0 amide bonds. The van der Waals surface area contributed by atoms with Crippen LogP contribution in [0.5, 0.6) is 0 Å². The van der Waals surface area contributed by atoms with Crippen LogP contribution < -0.4 is 10.6 Å². The van der Waals surface area contributed by atoms with E-state index in [1.54, 1.807) is 0 Å². The van der Waals surface area contributed by atoms with E-state index in [-0.39, 0.29) is 5.69 Å². The summed E-state index contributed by atoms with van der Waals surface area (Å²) in [5.41, 5.74) is -0.0897. The number of anilines is 1. The Kier molecular flexibility index (Phi) is 4.33. The quantitative estimate of drug-likeness (QED) is 0.650. The molecule has 1 aromatic heterocycles. The molecule has 1 aliphatic heterocycles. The molecule has 1 atom stereocenters. The van der Waals surface area contributed by atoms with Gasteiger partial charge in [-0.1, -0.05) is 11.6 Å². The van der Waals surface area contributed by atoms with Crippen molar-refractivity contribution in [2.45, 2.75) is 25.3 Å². The second-order valence-corrected chi connectivity index (χ2v) is 4.71. The molecular weight excluding hydrogens is 256 g/mol. The van der Waals surface area contributed by atoms with Crippen LogP contribution in [0.3, 0.4) is 0 Å². The Bertz CT molecular complexity index is 433. The molecule has 1 unspecified atom stereocenters. The molecule has 7 heteroatoms. The fraction of sp³-hybridized carbons (Fsp3) is 0.545. The van der Waals surface area contributed by atoms with Crippen LogP contribution in [-0.2, 0) is 0 Å². The molecule has 2 N–H and O–H groups in total. The summed E-state index contributed by atoms with van der Waals surface area (Å²) >= 11 is 5.99. The molecule has 0 bridgehead atoms. The number of rotatable bonds is 3. The average molecular weight is 271 g/mol. The van der Waals surface area contributed by atoms with Gasteiger partial charge in [0, 0.05) is 12.1 Å². The number of aromatic nitrogens is 1. The van der Waals surface area contributed by atoms with E-state index >= 15 is 0 Å². The van der Waals surface area contributed by atoms with Crippen molar-refractivity contribution in [3.05, 3.63) is 27.4 Å². The first-order chi connectivity index (χ1) is 8.66. The van der Waals surface area contributed by atoms with Crippen LogP contribution in [0.4, 0.5) is 11.5 Å². The van der Waals surface area contributed by atoms with E-state index in [0.29, 0.717) is 16.9 Å². The van der Waals surface area contributed by atoms with Crippen LogP contribution in [0.1, 0.15) is 19.3 Å². The third kappa shape index (κ3) is 3.30. The smallest absolute Gasteiger partial charge is 0.289 e. The highest BCUT2D eigenvalue weighted by atomic mass is 35.5. The summed E-state index contributed by atoms with van der Waals surface area (Å²) in [6, 6.07) is 1.64. The van der Waals surface area contributed by atoms with Gasteiger partial charge in [0.15, 0.2) is 0 Å². The zero-order chi connectivity index (χ0) is 13.0. The second kappa shape index (κ2) is 5.97. The highest BCUT2D eigenvalue weighted by Gasteiger charge is 2.15. The third-order valence-corrected chi connectivity index (χ3v) is 3.24. The predicted octanol–water partition coefficient (Wildman–Crippen LogP) is 2.20.